The van der Waals surface area contributed by atoms with Crippen molar-refractivity contribution in [1.82, 2.24) is 4.57 Å². The summed E-state index contributed by atoms with van der Waals surface area (Å²) >= 11 is 4.99. The van der Waals surface area contributed by atoms with E-state index in [0.29, 0.717) is 11.4 Å². The van der Waals surface area contributed by atoms with Crippen molar-refractivity contribution >= 4 is 34.1 Å². The van der Waals surface area contributed by atoms with Crippen LogP contribution in [0.1, 0.15) is 18.4 Å². The number of carbonyl (C=O) groups excluding carboxylic acids is 1. The number of nitrogens with zero attached hydrogens (tertiary/aromatic N) is 1. The second kappa shape index (κ2) is 5.84. The van der Waals surface area contributed by atoms with E-state index in [1.54, 1.807) is 0 Å². The normalized spacial score (nSPS) is 10.6. The molecule has 2 aromatic rings. The number of hydrogen-bond donors (Lipinski definition) is 1. The van der Waals surface area contributed by atoms with Crippen LogP contribution in [-0.2, 0) is 16.1 Å². The Morgan fingerprint density at radius 3 is 2.89 bits per heavy atom. The average molecular weight is 276 g/mol. The highest BCUT2D eigenvalue weighted by molar-refractivity contribution is 7.80. The number of ether oxygens (including phenoxy) is 1. The van der Waals surface area contributed by atoms with Gasteiger partial charge in [0.1, 0.15) is 4.99 Å². The van der Waals surface area contributed by atoms with Gasteiger partial charge in [0.2, 0.25) is 0 Å². The Labute approximate surface area is 117 Å². The van der Waals surface area contributed by atoms with Gasteiger partial charge in [0, 0.05) is 30.2 Å². The van der Waals surface area contributed by atoms with Gasteiger partial charge in [-0.15, -0.1) is 0 Å². The predicted molar refractivity (Wildman–Crippen MR) is 79.1 cm³/mol. The Balaban J connectivity index is 2.16. The quantitative estimate of drug-likeness (QED) is 0.672. The van der Waals surface area contributed by atoms with Crippen LogP contribution in [0, 0.1) is 0 Å². The standard InChI is InChI=1S/C14H16N2O2S/c1-18-13(17)3-2-7-16-8-6-10-4-5-11(14(15)19)9-12(10)16/h4-6,8-9H,2-3,7H2,1H3,(H2,15,19). The molecular formula is C14H16N2O2S. The smallest absolute Gasteiger partial charge is 0.305 e. The number of benzene rings is 1. The number of aromatic nitrogens is 1. The Kier molecular flexibility index (Phi) is 4.16. The van der Waals surface area contributed by atoms with E-state index in [9.17, 15) is 4.79 Å². The fourth-order valence-electron chi connectivity index (χ4n) is 2.03. The summed E-state index contributed by atoms with van der Waals surface area (Å²) in [7, 11) is 1.40. The molecule has 0 saturated carbocycles. The number of thiocarbonyl (C=S) groups is 1. The van der Waals surface area contributed by atoms with Crippen LogP contribution in [0.15, 0.2) is 30.5 Å². The van der Waals surface area contributed by atoms with Crippen LogP contribution >= 0.6 is 12.2 Å². The molecule has 0 aliphatic carbocycles. The van der Waals surface area contributed by atoms with Crippen molar-refractivity contribution in [1.29, 1.82) is 0 Å². The third kappa shape index (κ3) is 3.12. The maximum Gasteiger partial charge on any atom is 0.305 e. The van der Waals surface area contributed by atoms with Gasteiger partial charge >= 0.3 is 5.97 Å². The summed E-state index contributed by atoms with van der Waals surface area (Å²) in [5.41, 5.74) is 7.58. The van der Waals surface area contributed by atoms with Crippen LogP contribution < -0.4 is 5.73 Å². The molecule has 2 N–H and O–H groups in total. The molecule has 1 heterocycles. The summed E-state index contributed by atoms with van der Waals surface area (Å²) in [5.74, 6) is -0.180. The van der Waals surface area contributed by atoms with E-state index in [0.717, 1.165) is 29.4 Å². The lowest BCUT2D eigenvalue weighted by Crippen LogP contribution is -2.09. The fraction of sp³-hybridized carbons (Fsp3) is 0.286. The molecule has 0 aliphatic heterocycles. The summed E-state index contributed by atoms with van der Waals surface area (Å²) in [6.07, 6.45) is 3.17. The molecule has 0 amide bonds. The molecule has 1 aromatic heterocycles. The lowest BCUT2D eigenvalue weighted by Gasteiger charge is -2.06. The second-order valence-corrected chi connectivity index (χ2v) is 4.77. The summed E-state index contributed by atoms with van der Waals surface area (Å²) in [4.78, 5) is 11.5. The van der Waals surface area contributed by atoms with Gasteiger partial charge in [-0.25, -0.2) is 0 Å². The monoisotopic (exact) mass is 276 g/mol. The van der Waals surface area contributed by atoms with Crippen molar-refractivity contribution in [3.05, 3.63) is 36.0 Å². The molecule has 19 heavy (non-hydrogen) atoms. The van der Waals surface area contributed by atoms with E-state index >= 15 is 0 Å². The highest BCUT2D eigenvalue weighted by Gasteiger charge is 2.05. The summed E-state index contributed by atoms with van der Waals surface area (Å²) < 4.78 is 6.72. The minimum atomic E-state index is -0.180. The molecular weight excluding hydrogens is 260 g/mol. The molecule has 100 valence electrons. The molecule has 1 aromatic carbocycles. The molecule has 4 nitrogen and oxygen atoms in total. The van der Waals surface area contributed by atoms with Crippen molar-refractivity contribution in [2.45, 2.75) is 19.4 Å². The zero-order valence-electron chi connectivity index (χ0n) is 10.8. The van der Waals surface area contributed by atoms with Gasteiger partial charge in [0.15, 0.2) is 0 Å². The van der Waals surface area contributed by atoms with Gasteiger partial charge in [-0.3, -0.25) is 4.79 Å². The van der Waals surface area contributed by atoms with Crippen molar-refractivity contribution in [3.8, 4) is 0 Å². The zero-order chi connectivity index (χ0) is 13.8. The van der Waals surface area contributed by atoms with E-state index in [4.69, 9.17) is 18.0 Å². The van der Waals surface area contributed by atoms with Crippen LogP contribution in [0.25, 0.3) is 10.9 Å². The first-order valence-corrected chi connectivity index (χ1v) is 6.48. The minimum Gasteiger partial charge on any atom is -0.469 e. The lowest BCUT2D eigenvalue weighted by molar-refractivity contribution is -0.140. The van der Waals surface area contributed by atoms with Crippen molar-refractivity contribution in [3.63, 3.8) is 0 Å². The third-order valence-corrected chi connectivity index (χ3v) is 3.30. The Hall–Kier alpha value is -1.88. The molecule has 0 unspecified atom stereocenters. The Morgan fingerprint density at radius 1 is 1.42 bits per heavy atom. The Morgan fingerprint density at radius 2 is 2.21 bits per heavy atom. The highest BCUT2D eigenvalue weighted by Crippen LogP contribution is 2.18. The van der Waals surface area contributed by atoms with Gasteiger partial charge in [0.25, 0.3) is 0 Å². The van der Waals surface area contributed by atoms with Gasteiger partial charge in [0.05, 0.1) is 7.11 Å². The lowest BCUT2D eigenvalue weighted by atomic mass is 10.1. The van der Waals surface area contributed by atoms with Crippen LogP contribution in [0.4, 0.5) is 0 Å². The number of nitrogens with two attached hydrogens (primary N) is 1. The average Bonchev–Trinajstić information content (AvgIpc) is 2.81. The van der Waals surface area contributed by atoms with Crippen molar-refractivity contribution < 1.29 is 9.53 Å². The second-order valence-electron chi connectivity index (χ2n) is 4.33. The predicted octanol–water partition coefficient (Wildman–Crippen LogP) is 2.23. The summed E-state index contributed by atoms with van der Waals surface area (Å²) in [6.45, 7) is 0.763. The zero-order valence-corrected chi connectivity index (χ0v) is 11.6. The maximum atomic E-state index is 11.1. The topological polar surface area (TPSA) is 57.2 Å². The first kappa shape index (κ1) is 13.5. The molecule has 0 saturated heterocycles. The molecule has 0 radical (unpaired) electrons. The fourth-order valence-corrected chi connectivity index (χ4v) is 2.15. The SMILES string of the molecule is COC(=O)CCCn1ccc2ccc(C(N)=S)cc21. The van der Waals surface area contributed by atoms with Crippen LogP contribution in [-0.4, -0.2) is 22.6 Å². The minimum absolute atomic E-state index is 0.180. The highest BCUT2D eigenvalue weighted by atomic mass is 32.1. The first-order valence-electron chi connectivity index (χ1n) is 6.07. The molecule has 2 rings (SSSR count). The van der Waals surface area contributed by atoms with E-state index in [1.165, 1.54) is 7.11 Å². The number of rotatable bonds is 5. The molecule has 5 heteroatoms. The number of esters is 1. The van der Waals surface area contributed by atoms with E-state index < -0.39 is 0 Å². The van der Waals surface area contributed by atoms with Crippen LogP contribution in [0.3, 0.4) is 0 Å². The van der Waals surface area contributed by atoms with Gasteiger partial charge in [-0.1, -0.05) is 24.4 Å². The number of fused-ring (bicyclic) bond motifs is 1. The van der Waals surface area contributed by atoms with Gasteiger partial charge < -0.3 is 15.0 Å². The first-order chi connectivity index (χ1) is 9.11. The number of aryl methyl sites for hydroxylation is 1. The van der Waals surface area contributed by atoms with Crippen molar-refractivity contribution in [2.75, 3.05) is 7.11 Å². The molecule has 0 bridgehead atoms. The molecule has 0 spiro atoms. The summed E-state index contributed by atoms with van der Waals surface area (Å²) in [5, 5.41) is 1.14. The molecule has 0 aliphatic rings. The number of carbonyl (C=O) groups is 1. The van der Waals surface area contributed by atoms with E-state index in [2.05, 4.69) is 9.30 Å². The van der Waals surface area contributed by atoms with Crippen LogP contribution in [0.5, 0.6) is 0 Å². The number of methoxy groups -OCH3 is 1. The number of hydrogen-bond acceptors (Lipinski definition) is 3. The van der Waals surface area contributed by atoms with Gasteiger partial charge in [-0.05, 0) is 23.9 Å². The molecule has 0 fully saturated rings. The van der Waals surface area contributed by atoms with E-state index in [1.807, 2.05) is 30.5 Å². The molecule has 0 atom stereocenters. The summed E-state index contributed by atoms with van der Waals surface area (Å²) in [6, 6.07) is 7.94. The van der Waals surface area contributed by atoms with Crippen molar-refractivity contribution in [2.24, 2.45) is 5.73 Å². The van der Waals surface area contributed by atoms with E-state index in [-0.39, 0.29) is 5.97 Å². The third-order valence-electron chi connectivity index (χ3n) is 3.07. The maximum absolute atomic E-state index is 11.1. The van der Waals surface area contributed by atoms with Crippen LogP contribution in [0.2, 0.25) is 0 Å². The van der Waals surface area contributed by atoms with Gasteiger partial charge in [-0.2, -0.15) is 0 Å². The Bertz CT molecular complexity index is 619. The largest absolute Gasteiger partial charge is 0.469 e.